The van der Waals surface area contributed by atoms with Gasteiger partial charge in [0.05, 0.1) is 4.92 Å². The van der Waals surface area contributed by atoms with Gasteiger partial charge >= 0.3 is 5.69 Å². The van der Waals surface area contributed by atoms with Gasteiger partial charge in [-0.3, -0.25) is 10.1 Å². The minimum absolute atomic E-state index is 0.0138. The summed E-state index contributed by atoms with van der Waals surface area (Å²) in [4.78, 5) is 14.6. The Balaban J connectivity index is 2.11. The van der Waals surface area contributed by atoms with Gasteiger partial charge in [-0.1, -0.05) is 6.42 Å². The Labute approximate surface area is 118 Å². The van der Waals surface area contributed by atoms with Gasteiger partial charge in [0.2, 0.25) is 5.82 Å². The first-order valence-corrected chi connectivity index (χ1v) is 7.67. The largest absolute Gasteiger partial charge is 0.363 e. The molecule has 0 atom stereocenters. The van der Waals surface area contributed by atoms with Crippen molar-refractivity contribution in [2.75, 3.05) is 18.1 Å². The fourth-order valence-corrected chi connectivity index (χ4v) is 3.21. The van der Waals surface area contributed by atoms with E-state index < -0.39 is 4.92 Å². The molecule has 1 heterocycles. The predicted octanol–water partition coefficient (Wildman–Crippen LogP) is 3.45. The fourth-order valence-electron chi connectivity index (χ4n) is 1.97. The van der Waals surface area contributed by atoms with E-state index in [4.69, 9.17) is 0 Å². The van der Waals surface area contributed by atoms with Crippen LogP contribution in [0.3, 0.4) is 0 Å². The molecule has 0 bridgehead atoms. The molecule has 0 aromatic carbocycles. The topological polar surface area (TPSA) is 68.1 Å². The quantitative estimate of drug-likeness (QED) is 0.661. The third-order valence-corrected chi connectivity index (χ3v) is 5.16. The number of hydrogen-bond donors (Lipinski definition) is 1. The number of thioether (sulfide) groups is 1. The summed E-state index contributed by atoms with van der Waals surface area (Å²) in [7, 11) is 0. The molecule has 7 heteroatoms. The Morgan fingerprint density at radius 3 is 2.89 bits per heavy atom. The molecule has 2 rings (SSSR count). The van der Waals surface area contributed by atoms with Crippen LogP contribution >= 0.6 is 27.7 Å². The van der Waals surface area contributed by atoms with Crippen molar-refractivity contribution < 1.29 is 4.92 Å². The highest BCUT2D eigenvalue weighted by Crippen LogP contribution is 2.43. The molecule has 18 heavy (non-hydrogen) atoms. The number of nitro groups is 1. The van der Waals surface area contributed by atoms with Crippen molar-refractivity contribution in [3.8, 4) is 0 Å². The lowest BCUT2D eigenvalue weighted by atomic mass is 9.84. The van der Waals surface area contributed by atoms with Crippen LogP contribution in [-0.2, 0) is 0 Å². The van der Waals surface area contributed by atoms with Crippen LogP contribution in [0.15, 0.2) is 16.7 Å². The second-order valence-electron chi connectivity index (χ2n) is 4.37. The summed E-state index contributed by atoms with van der Waals surface area (Å²) in [6, 6.07) is 1.47. The highest BCUT2D eigenvalue weighted by Gasteiger charge is 2.36. The van der Waals surface area contributed by atoms with Gasteiger partial charge in [-0.05, 0) is 35.0 Å². The molecule has 5 nitrogen and oxygen atoms in total. The van der Waals surface area contributed by atoms with E-state index in [0.717, 1.165) is 19.4 Å². The number of halogens is 1. The maximum Gasteiger partial charge on any atom is 0.312 e. The number of nitrogens with zero attached hydrogens (tertiary/aromatic N) is 2. The molecule has 1 aromatic heterocycles. The Morgan fingerprint density at radius 2 is 2.39 bits per heavy atom. The molecule has 1 saturated carbocycles. The Morgan fingerprint density at radius 1 is 1.67 bits per heavy atom. The minimum atomic E-state index is -0.410. The van der Waals surface area contributed by atoms with Crippen LogP contribution < -0.4 is 5.32 Å². The van der Waals surface area contributed by atoms with Crippen molar-refractivity contribution in [2.45, 2.75) is 24.0 Å². The van der Waals surface area contributed by atoms with Crippen LogP contribution in [0, 0.1) is 10.1 Å². The summed E-state index contributed by atoms with van der Waals surface area (Å²) in [5, 5.41) is 14.1. The van der Waals surface area contributed by atoms with Gasteiger partial charge in [-0.2, -0.15) is 11.8 Å². The molecule has 1 aliphatic carbocycles. The van der Waals surface area contributed by atoms with Crippen molar-refractivity contribution in [1.82, 2.24) is 4.98 Å². The monoisotopic (exact) mass is 331 g/mol. The Bertz CT molecular complexity index is 460. The zero-order chi connectivity index (χ0) is 13.2. The van der Waals surface area contributed by atoms with Gasteiger partial charge in [0.25, 0.3) is 0 Å². The number of nitrogens with one attached hydrogen (secondary N) is 1. The smallest absolute Gasteiger partial charge is 0.312 e. The lowest BCUT2D eigenvalue weighted by Crippen LogP contribution is -2.40. The molecule has 1 aromatic rings. The molecular formula is C11H14BrN3O2S. The summed E-state index contributed by atoms with van der Waals surface area (Å²) in [5.41, 5.74) is 0.0138. The molecule has 0 spiro atoms. The lowest BCUT2D eigenvalue weighted by molar-refractivity contribution is -0.384. The standard InChI is InChI=1S/C11H14BrN3O2S/c1-18-11(3-2-4-11)7-14-10-9(15(16)17)5-8(12)6-13-10/h5-6H,2-4,7H2,1H3,(H,13,14). The molecule has 0 saturated heterocycles. The second-order valence-corrected chi connectivity index (χ2v) is 6.56. The van der Waals surface area contributed by atoms with Crippen LogP contribution in [0.2, 0.25) is 0 Å². The van der Waals surface area contributed by atoms with Gasteiger partial charge in [0.1, 0.15) is 0 Å². The maximum absolute atomic E-state index is 11.0. The summed E-state index contributed by atoms with van der Waals surface area (Å²) >= 11 is 5.02. The predicted molar refractivity (Wildman–Crippen MR) is 77.2 cm³/mol. The summed E-state index contributed by atoms with van der Waals surface area (Å²) in [6.45, 7) is 0.726. The second kappa shape index (κ2) is 5.44. The fraction of sp³-hybridized carbons (Fsp3) is 0.545. The van der Waals surface area contributed by atoms with E-state index in [9.17, 15) is 10.1 Å². The maximum atomic E-state index is 11.0. The number of hydrogen-bond acceptors (Lipinski definition) is 5. The number of aromatic nitrogens is 1. The molecule has 1 N–H and O–H groups in total. The summed E-state index contributed by atoms with van der Waals surface area (Å²) in [5.74, 6) is 0.350. The average Bonchev–Trinajstić information content (AvgIpc) is 2.29. The van der Waals surface area contributed by atoms with Crippen LogP contribution in [0.5, 0.6) is 0 Å². The molecule has 0 radical (unpaired) electrons. The molecule has 98 valence electrons. The Kier molecular flexibility index (Phi) is 4.11. The first-order chi connectivity index (χ1) is 8.56. The van der Waals surface area contributed by atoms with Crippen molar-refractivity contribution in [2.24, 2.45) is 0 Å². The van der Waals surface area contributed by atoms with Crippen molar-refractivity contribution in [3.05, 3.63) is 26.9 Å². The van der Waals surface area contributed by atoms with E-state index in [0.29, 0.717) is 10.3 Å². The zero-order valence-electron chi connectivity index (χ0n) is 9.98. The summed E-state index contributed by atoms with van der Waals surface area (Å²) in [6.07, 6.45) is 7.21. The highest BCUT2D eigenvalue weighted by molar-refractivity contribution is 9.10. The van der Waals surface area contributed by atoms with Crippen LogP contribution in [0.4, 0.5) is 11.5 Å². The number of anilines is 1. The molecule has 1 aliphatic rings. The van der Waals surface area contributed by atoms with Crippen LogP contribution in [0.25, 0.3) is 0 Å². The highest BCUT2D eigenvalue weighted by atomic mass is 79.9. The lowest BCUT2D eigenvalue weighted by Gasteiger charge is -2.40. The van der Waals surface area contributed by atoms with Crippen LogP contribution in [-0.4, -0.2) is 27.5 Å². The first-order valence-electron chi connectivity index (χ1n) is 5.65. The third kappa shape index (κ3) is 2.77. The van der Waals surface area contributed by atoms with E-state index in [1.165, 1.54) is 12.5 Å². The first kappa shape index (κ1) is 13.6. The van der Waals surface area contributed by atoms with Gasteiger partial charge in [0.15, 0.2) is 0 Å². The van der Waals surface area contributed by atoms with Gasteiger partial charge < -0.3 is 5.32 Å². The normalized spacial score (nSPS) is 17.0. The zero-order valence-corrected chi connectivity index (χ0v) is 12.4. The number of pyridine rings is 1. The van der Waals surface area contributed by atoms with E-state index >= 15 is 0 Å². The van der Waals surface area contributed by atoms with Gasteiger partial charge in [0, 0.05) is 28.0 Å². The van der Waals surface area contributed by atoms with Crippen molar-refractivity contribution in [1.29, 1.82) is 0 Å². The molecule has 0 aliphatic heterocycles. The van der Waals surface area contributed by atoms with E-state index in [1.54, 1.807) is 6.20 Å². The van der Waals surface area contributed by atoms with E-state index in [-0.39, 0.29) is 10.4 Å². The third-order valence-electron chi connectivity index (χ3n) is 3.31. The Hall–Kier alpha value is -0.820. The van der Waals surface area contributed by atoms with Crippen LogP contribution in [0.1, 0.15) is 19.3 Å². The summed E-state index contributed by atoms with van der Waals surface area (Å²) < 4.78 is 0.839. The van der Waals surface area contributed by atoms with E-state index in [1.807, 2.05) is 11.8 Å². The van der Waals surface area contributed by atoms with Gasteiger partial charge in [-0.15, -0.1) is 0 Å². The minimum Gasteiger partial charge on any atom is -0.363 e. The SMILES string of the molecule is CSC1(CNc2ncc(Br)cc2[N+](=O)[O-])CCC1. The average molecular weight is 332 g/mol. The molecule has 1 fully saturated rings. The van der Waals surface area contributed by atoms with Crippen molar-refractivity contribution >= 4 is 39.2 Å². The molecule has 0 amide bonds. The van der Waals surface area contributed by atoms with Crippen molar-refractivity contribution in [3.63, 3.8) is 0 Å². The number of rotatable bonds is 5. The molecule has 0 unspecified atom stereocenters. The molecular weight excluding hydrogens is 318 g/mol. The van der Waals surface area contributed by atoms with E-state index in [2.05, 4.69) is 32.5 Å². The van der Waals surface area contributed by atoms with Gasteiger partial charge in [-0.25, -0.2) is 4.98 Å².